The molecule has 41 heavy (non-hydrogen) atoms. The van der Waals surface area contributed by atoms with Gasteiger partial charge in [0.1, 0.15) is 6.10 Å². The Balaban J connectivity index is 1.45. The maximum absolute atomic E-state index is 14.3. The van der Waals surface area contributed by atoms with Gasteiger partial charge in [-0.15, -0.1) is 0 Å². The molecule has 9 rings (SSSR count). The molecule has 214 valence electrons. The van der Waals surface area contributed by atoms with E-state index >= 15 is 0 Å². The maximum Gasteiger partial charge on any atom is 0.337 e. The minimum Gasteiger partial charge on any atom is -0.457 e. The minimum atomic E-state index is -2.58. The molecule has 0 bridgehead atoms. The summed E-state index contributed by atoms with van der Waals surface area (Å²) in [5, 5.41) is 24.8. The number of aliphatic hydroxyl groups is 2. The van der Waals surface area contributed by atoms with Crippen molar-refractivity contribution in [2.45, 2.75) is 77.0 Å². The van der Waals surface area contributed by atoms with Crippen LogP contribution in [-0.4, -0.2) is 57.0 Å². The van der Waals surface area contributed by atoms with Gasteiger partial charge < -0.3 is 24.4 Å². The molecular weight excluding hydrogens is 528 g/mol. The molecule has 0 aromatic carbocycles. The quantitative estimate of drug-likeness (QED) is 0.281. The SMILES string of the molecule is C=C1[C@H]2C[C@H]2[C@]2(C)[C@@H]3C[C@@]4(O)C5=C(C6=C(C)C(=O)O[C@]6(O)C(=O)[C@@]5(C)[C@@H]5C[C@@H]54)[C@@]34OC(=O)C(C)=C4[C@H](OC(C)=O)[C@H]12. The molecule has 0 unspecified atom stereocenters. The summed E-state index contributed by atoms with van der Waals surface area (Å²) in [6, 6.07) is 0. The average molecular weight is 561 g/mol. The van der Waals surface area contributed by atoms with Gasteiger partial charge in [0, 0.05) is 46.6 Å². The summed E-state index contributed by atoms with van der Waals surface area (Å²) >= 11 is 0. The third kappa shape index (κ3) is 2.12. The van der Waals surface area contributed by atoms with Gasteiger partial charge >= 0.3 is 17.9 Å². The molecule has 0 radical (unpaired) electrons. The summed E-state index contributed by atoms with van der Waals surface area (Å²) in [5.41, 5.74) is -2.39. The van der Waals surface area contributed by atoms with Crippen molar-refractivity contribution in [2.24, 2.45) is 46.3 Å². The fourth-order valence-corrected chi connectivity index (χ4v) is 11.6. The summed E-state index contributed by atoms with van der Waals surface area (Å²) < 4.78 is 18.1. The van der Waals surface area contributed by atoms with Crippen molar-refractivity contribution in [3.8, 4) is 0 Å². The Morgan fingerprint density at radius 2 is 1.66 bits per heavy atom. The van der Waals surface area contributed by atoms with Gasteiger partial charge in [0.2, 0.25) is 5.78 Å². The number of Topliss-reactive ketones (excluding diaryl/α,β-unsaturated/α-hetero) is 1. The van der Waals surface area contributed by atoms with Crippen molar-refractivity contribution in [2.75, 3.05) is 0 Å². The standard InChI is InChI=1S/C32H32O9/c1-10-14-7-15(14)28(5)18-9-30(37)17-8-16(17)29(6)24(30)22(19-11(2)26(35)41-32(19,38)27(29)36)31(18)21(12(3)25(34)40-31)23(20(10)28)39-13(4)33/h14-18,20,23,37-38H,1,7-9H2,2-6H3/t14-,15-,16-,17+,18+,20+,23-,28-,29+,30+,31-,32+/m1/s1. The lowest BCUT2D eigenvalue weighted by Crippen LogP contribution is -2.69. The van der Waals surface area contributed by atoms with Gasteiger partial charge in [-0.2, -0.15) is 0 Å². The average Bonchev–Trinajstić information content (AvgIpc) is 3.78. The Morgan fingerprint density at radius 3 is 2.34 bits per heavy atom. The van der Waals surface area contributed by atoms with Crippen LogP contribution in [0.4, 0.5) is 0 Å². The van der Waals surface area contributed by atoms with Crippen LogP contribution in [0.25, 0.3) is 0 Å². The molecular formula is C32H32O9. The topological polar surface area (TPSA) is 136 Å². The monoisotopic (exact) mass is 560 g/mol. The van der Waals surface area contributed by atoms with E-state index in [-0.39, 0.29) is 47.2 Å². The van der Waals surface area contributed by atoms with Crippen LogP contribution in [0.3, 0.4) is 0 Å². The van der Waals surface area contributed by atoms with Crippen LogP contribution in [-0.2, 0) is 33.4 Å². The Morgan fingerprint density at radius 1 is 0.976 bits per heavy atom. The molecule has 2 aliphatic heterocycles. The van der Waals surface area contributed by atoms with Gasteiger partial charge in [0.25, 0.3) is 5.79 Å². The first-order chi connectivity index (χ1) is 19.1. The van der Waals surface area contributed by atoms with Crippen LogP contribution >= 0.6 is 0 Å². The van der Waals surface area contributed by atoms with Crippen molar-refractivity contribution in [3.05, 3.63) is 45.6 Å². The molecule has 5 fully saturated rings. The lowest BCUT2D eigenvalue weighted by atomic mass is 9.42. The highest BCUT2D eigenvalue weighted by Gasteiger charge is 2.87. The number of carbonyl (C=O) groups is 4. The number of hydrogen-bond acceptors (Lipinski definition) is 9. The number of fused-ring (bicyclic) bond motifs is 9. The summed E-state index contributed by atoms with van der Waals surface area (Å²) in [6.07, 6.45) is 0.882. The molecule has 9 heteroatoms. The molecule has 2 heterocycles. The first-order valence-corrected chi connectivity index (χ1v) is 14.6. The van der Waals surface area contributed by atoms with Crippen LogP contribution in [0, 0.1) is 46.3 Å². The van der Waals surface area contributed by atoms with E-state index in [2.05, 4.69) is 13.5 Å². The van der Waals surface area contributed by atoms with E-state index in [1.54, 1.807) is 13.8 Å². The fraction of sp³-hybridized carbons (Fsp3) is 0.625. The minimum absolute atomic E-state index is 0.0304. The molecule has 9 aliphatic rings. The van der Waals surface area contributed by atoms with Crippen molar-refractivity contribution in [3.63, 3.8) is 0 Å². The summed E-state index contributed by atoms with van der Waals surface area (Å²) in [6.45, 7) is 12.8. The number of ether oxygens (including phenoxy) is 3. The molecule has 0 aromatic rings. The molecule has 7 aliphatic carbocycles. The Bertz CT molecular complexity index is 1640. The number of ketones is 1. The number of hydrogen-bond donors (Lipinski definition) is 2. The predicted molar refractivity (Wildman–Crippen MR) is 138 cm³/mol. The van der Waals surface area contributed by atoms with Gasteiger partial charge in [-0.3, -0.25) is 9.59 Å². The summed E-state index contributed by atoms with van der Waals surface area (Å²) in [7, 11) is 0. The zero-order valence-corrected chi connectivity index (χ0v) is 23.6. The molecule has 12 atom stereocenters. The van der Waals surface area contributed by atoms with E-state index < -0.39 is 63.5 Å². The van der Waals surface area contributed by atoms with Crippen LogP contribution in [0.1, 0.15) is 53.9 Å². The van der Waals surface area contributed by atoms with E-state index in [0.29, 0.717) is 28.7 Å². The Labute approximate surface area is 236 Å². The Hall–Kier alpha value is -3.04. The zero-order chi connectivity index (χ0) is 29.1. The molecule has 0 saturated heterocycles. The van der Waals surface area contributed by atoms with Crippen LogP contribution < -0.4 is 0 Å². The first kappa shape index (κ1) is 24.5. The molecule has 9 nitrogen and oxygen atoms in total. The van der Waals surface area contributed by atoms with Gasteiger partial charge in [-0.1, -0.05) is 19.1 Å². The highest BCUT2D eigenvalue weighted by Crippen LogP contribution is 2.84. The molecule has 5 saturated carbocycles. The first-order valence-electron chi connectivity index (χ1n) is 14.6. The van der Waals surface area contributed by atoms with E-state index in [1.807, 2.05) is 0 Å². The van der Waals surface area contributed by atoms with Crippen molar-refractivity contribution >= 4 is 23.7 Å². The van der Waals surface area contributed by atoms with E-state index in [9.17, 15) is 29.4 Å². The maximum atomic E-state index is 14.3. The van der Waals surface area contributed by atoms with Crippen LogP contribution in [0.2, 0.25) is 0 Å². The second kappa shape index (κ2) is 6.32. The summed E-state index contributed by atoms with van der Waals surface area (Å²) in [4.78, 5) is 53.7. The highest BCUT2D eigenvalue weighted by molar-refractivity contribution is 6.10. The number of carbonyl (C=O) groups excluding carboxylic acids is 4. The highest BCUT2D eigenvalue weighted by atomic mass is 16.7. The smallest absolute Gasteiger partial charge is 0.337 e. The van der Waals surface area contributed by atoms with E-state index in [1.165, 1.54) is 13.8 Å². The summed E-state index contributed by atoms with van der Waals surface area (Å²) in [5.74, 6) is -6.02. The molecule has 2 N–H and O–H groups in total. The van der Waals surface area contributed by atoms with Crippen molar-refractivity contribution in [1.29, 1.82) is 0 Å². The second-order valence-corrected chi connectivity index (χ2v) is 14.5. The lowest BCUT2D eigenvalue weighted by molar-refractivity contribution is -0.202. The van der Waals surface area contributed by atoms with Gasteiger partial charge in [0.05, 0.1) is 11.0 Å². The fourth-order valence-electron chi connectivity index (χ4n) is 11.6. The lowest BCUT2D eigenvalue weighted by Gasteiger charge is -2.63. The number of rotatable bonds is 1. The van der Waals surface area contributed by atoms with Crippen LogP contribution in [0.5, 0.6) is 0 Å². The molecule has 0 amide bonds. The third-order valence-corrected chi connectivity index (χ3v) is 13.1. The van der Waals surface area contributed by atoms with Crippen molar-refractivity contribution in [1.82, 2.24) is 0 Å². The zero-order valence-electron chi connectivity index (χ0n) is 23.6. The Kier molecular flexibility index (Phi) is 3.78. The number of esters is 3. The van der Waals surface area contributed by atoms with Crippen LogP contribution in [0.15, 0.2) is 45.6 Å². The normalized spacial score (nSPS) is 54.6. The predicted octanol–water partition coefficient (Wildman–Crippen LogP) is 2.22. The largest absolute Gasteiger partial charge is 0.457 e. The van der Waals surface area contributed by atoms with E-state index in [0.717, 1.165) is 12.0 Å². The molecule has 0 aromatic heterocycles. The van der Waals surface area contributed by atoms with Gasteiger partial charge in [-0.25, -0.2) is 9.59 Å². The second-order valence-electron chi connectivity index (χ2n) is 14.5. The van der Waals surface area contributed by atoms with Gasteiger partial charge in [-0.05, 0) is 74.7 Å². The van der Waals surface area contributed by atoms with E-state index in [4.69, 9.17) is 14.2 Å². The third-order valence-electron chi connectivity index (χ3n) is 13.1. The van der Waals surface area contributed by atoms with Gasteiger partial charge in [0.15, 0.2) is 5.60 Å². The van der Waals surface area contributed by atoms with Crippen molar-refractivity contribution < 1.29 is 43.6 Å². The molecule has 1 spiro atoms.